The fourth-order valence-electron chi connectivity index (χ4n) is 1.30. The molecule has 1 aromatic carbocycles. The summed E-state index contributed by atoms with van der Waals surface area (Å²) in [6, 6.07) is 10.5. The average molecular weight is 226 g/mol. The van der Waals surface area contributed by atoms with E-state index in [9.17, 15) is 0 Å². The summed E-state index contributed by atoms with van der Waals surface area (Å²) in [6.07, 6.45) is 0. The number of aromatic nitrogens is 1. The summed E-state index contributed by atoms with van der Waals surface area (Å²) in [4.78, 5) is 0. The van der Waals surface area contributed by atoms with Crippen LogP contribution in [0.4, 0.5) is 0 Å². The van der Waals surface area contributed by atoms with E-state index >= 15 is 0 Å². The zero-order valence-electron chi connectivity index (χ0n) is 7.98. The zero-order valence-corrected chi connectivity index (χ0v) is 9.55. The maximum Gasteiger partial charge on any atom is 0.225 e. The van der Waals surface area contributed by atoms with Crippen LogP contribution in [0.1, 0.15) is 11.3 Å². The third-order valence-corrected chi connectivity index (χ3v) is 2.93. The van der Waals surface area contributed by atoms with E-state index in [1.54, 1.807) is 11.3 Å². The summed E-state index contributed by atoms with van der Waals surface area (Å²) < 4.78 is 2.26. The Bertz CT molecular complexity index is 383. The van der Waals surface area contributed by atoms with Gasteiger partial charge in [-0.3, -0.25) is 0 Å². The predicted octanol–water partition coefficient (Wildman–Crippen LogP) is -0.604. The van der Waals surface area contributed by atoms with Crippen molar-refractivity contribution < 1.29 is 17.0 Å². The molecule has 74 valence electrons. The van der Waals surface area contributed by atoms with E-state index in [0.29, 0.717) is 0 Å². The second-order valence-electron chi connectivity index (χ2n) is 3.11. The van der Waals surface area contributed by atoms with Crippen molar-refractivity contribution in [1.82, 2.24) is 0 Å². The van der Waals surface area contributed by atoms with Crippen molar-refractivity contribution in [3.05, 3.63) is 52.5 Å². The monoisotopic (exact) mass is 225 g/mol. The smallest absolute Gasteiger partial charge is 0.225 e. The van der Waals surface area contributed by atoms with Crippen LogP contribution in [-0.2, 0) is 6.54 Å². The molecular weight excluding hydrogens is 214 g/mol. The average Bonchev–Trinajstić information content (AvgIpc) is 2.54. The second kappa shape index (κ2) is 5.13. The Kier molecular flexibility index (Phi) is 4.11. The lowest BCUT2D eigenvalue weighted by Gasteiger charge is -1.95. The summed E-state index contributed by atoms with van der Waals surface area (Å²) in [7, 11) is 0. The lowest BCUT2D eigenvalue weighted by molar-refractivity contribution is -0.689. The van der Waals surface area contributed by atoms with Crippen LogP contribution in [0.3, 0.4) is 0 Å². The van der Waals surface area contributed by atoms with Crippen LogP contribution in [0.25, 0.3) is 0 Å². The van der Waals surface area contributed by atoms with Crippen molar-refractivity contribution in [3.63, 3.8) is 0 Å². The Morgan fingerprint density at radius 2 is 1.93 bits per heavy atom. The molecule has 0 aliphatic carbocycles. The molecule has 0 unspecified atom stereocenters. The van der Waals surface area contributed by atoms with Crippen molar-refractivity contribution in [2.45, 2.75) is 13.5 Å². The first kappa shape index (κ1) is 11.2. The predicted molar refractivity (Wildman–Crippen MR) is 54.8 cm³/mol. The van der Waals surface area contributed by atoms with Crippen LogP contribution < -0.4 is 17.0 Å². The van der Waals surface area contributed by atoms with Gasteiger partial charge in [0.25, 0.3) is 0 Å². The molecule has 0 aliphatic heterocycles. The molecule has 2 aromatic rings. The summed E-state index contributed by atoms with van der Waals surface area (Å²) >= 11 is 1.75. The third kappa shape index (κ3) is 2.56. The number of aryl methyl sites for hydroxylation is 1. The van der Waals surface area contributed by atoms with E-state index in [1.807, 2.05) is 0 Å². The molecule has 0 fully saturated rings. The van der Waals surface area contributed by atoms with E-state index in [1.165, 1.54) is 11.3 Å². The molecule has 0 radical (unpaired) electrons. The molecule has 14 heavy (non-hydrogen) atoms. The van der Waals surface area contributed by atoms with E-state index in [4.69, 9.17) is 0 Å². The fraction of sp³-hybridized carbons (Fsp3) is 0.182. The topological polar surface area (TPSA) is 3.88 Å². The van der Waals surface area contributed by atoms with Gasteiger partial charge in [-0.25, -0.2) is 0 Å². The molecule has 2 rings (SSSR count). The largest absolute Gasteiger partial charge is 1.00 e. The number of nitrogens with zero attached hydrogens (tertiary/aromatic N) is 1. The van der Waals surface area contributed by atoms with Gasteiger partial charge in [0, 0.05) is 12.5 Å². The lowest BCUT2D eigenvalue weighted by atomic mass is 10.2. The van der Waals surface area contributed by atoms with Gasteiger partial charge in [-0.05, 0) is 0 Å². The minimum Gasteiger partial charge on any atom is -1.00 e. The molecular formula is C11H12ClNS. The molecule has 0 saturated carbocycles. The highest BCUT2D eigenvalue weighted by molar-refractivity contribution is 7.07. The molecule has 1 nitrogen and oxygen atoms in total. The molecule has 0 aliphatic rings. The van der Waals surface area contributed by atoms with Gasteiger partial charge in [0.15, 0.2) is 12.2 Å². The van der Waals surface area contributed by atoms with E-state index in [0.717, 1.165) is 6.54 Å². The Balaban J connectivity index is 0.000000980. The highest BCUT2D eigenvalue weighted by Crippen LogP contribution is 2.01. The molecule has 1 aromatic heterocycles. The number of hydrogen-bond acceptors (Lipinski definition) is 1. The number of hydrogen-bond donors (Lipinski definition) is 0. The number of thiazole rings is 1. The molecule has 0 amide bonds. The van der Waals surface area contributed by atoms with Crippen LogP contribution >= 0.6 is 11.3 Å². The Hall–Kier alpha value is -0.860. The zero-order chi connectivity index (χ0) is 9.10. The second-order valence-corrected chi connectivity index (χ2v) is 3.83. The standard InChI is InChI=1S/C11H12NS.ClH/c1-10-8-13-9-12(10)7-11-5-3-2-4-6-11;/h2-6,8-9H,7H2,1H3;1H/q+1;/p-1. The molecule has 0 bridgehead atoms. The van der Waals surface area contributed by atoms with Gasteiger partial charge in [-0.1, -0.05) is 41.7 Å². The van der Waals surface area contributed by atoms with E-state index in [-0.39, 0.29) is 12.4 Å². The number of rotatable bonds is 2. The van der Waals surface area contributed by atoms with E-state index < -0.39 is 0 Å². The van der Waals surface area contributed by atoms with Crippen molar-refractivity contribution in [3.8, 4) is 0 Å². The Morgan fingerprint density at radius 1 is 1.21 bits per heavy atom. The van der Waals surface area contributed by atoms with Crippen molar-refractivity contribution in [2.24, 2.45) is 0 Å². The van der Waals surface area contributed by atoms with Gasteiger partial charge in [-0.15, -0.1) is 0 Å². The third-order valence-electron chi connectivity index (χ3n) is 2.08. The van der Waals surface area contributed by atoms with Gasteiger partial charge in [-0.2, -0.15) is 4.57 Å². The first-order chi connectivity index (χ1) is 6.36. The first-order valence-electron chi connectivity index (χ1n) is 4.32. The Labute approximate surface area is 94.4 Å². The summed E-state index contributed by atoms with van der Waals surface area (Å²) in [5.74, 6) is 0. The molecule has 0 spiro atoms. The molecule has 0 N–H and O–H groups in total. The van der Waals surface area contributed by atoms with Crippen LogP contribution in [0, 0.1) is 6.92 Å². The number of benzene rings is 1. The maximum atomic E-state index is 2.26. The minimum atomic E-state index is 0. The first-order valence-corrected chi connectivity index (χ1v) is 5.27. The number of halogens is 1. The summed E-state index contributed by atoms with van der Waals surface area (Å²) in [5, 5.41) is 2.17. The van der Waals surface area contributed by atoms with Crippen molar-refractivity contribution >= 4 is 11.3 Å². The Morgan fingerprint density at radius 3 is 2.50 bits per heavy atom. The fourth-order valence-corrected chi connectivity index (χ4v) is 2.08. The molecule has 0 atom stereocenters. The maximum absolute atomic E-state index is 2.26. The highest BCUT2D eigenvalue weighted by Gasteiger charge is 2.06. The van der Waals surface area contributed by atoms with Gasteiger partial charge < -0.3 is 12.4 Å². The SMILES string of the molecule is Cc1csc[n+]1Cc1ccccc1.[Cl-]. The van der Waals surface area contributed by atoms with Crippen LogP contribution in [0.15, 0.2) is 41.2 Å². The van der Waals surface area contributed by atoms with Gasteiger partial charge >= 0.3 is 0 Å². The van der Waals surface area contributed by atoms with Crippen LogP contribution in [0.2, 0.25) is 0 Å². The molecule has 1 heterocycles. The summed E-state index contributed by atoms with van der Waals surface area (Å²) in [5.41, 5.74) is 4.84. The highest BCUT2D eigenvalue weighted by atomic mass is 35.5. The van der Waals surface area contributed by atoms with Crippen molar-refractivity contribution in [2.75, 3.05) is 0 Å². The van der Waals surface area contributed by atoms with Crippen LogP contribution in [0.5, 0.6) is 0 Å². The van der Waals surface area contributed by atoms with E-state index in [2.05, 4.69) is 52.7 Å². The molecule has 0 saturated heterocycles. The quantitative estimate of drug-likeness (QED) is 0.601. The minimum absolute atomic E-state index is 0. The van der Waals surface area contributed by atoms with Crippen molar-refractivity contribution in [1.29, 1.82) is 0 Å². The van der Waals surface area contributed by atoms with Gasteiger partial charge in [0.05, 0.1) is 5.38 Å². The van der Waals surface area contributed by atoms with Crippen LogP contribution in [-0.4, -0.2) is 0 Å². The molecule has 3 heteroatoms. The van der Waals surface area contributed by atoms with Gasteiger partial charge in [0.1, 0.15) is 0 Å². The normalized spacial score (nSPS) is 9.50. The van der Waals surface area contributed by atoms with Gasteiger partial charge in [0.2, 0.25) is 5.51 Å². The lowest BCUT2D eigenvalue weighted by Crippen LogP contribution is -3.00. The summed E-state index contributed by atoms with van der Waals surface area (Å²) in [6.45, 7) is 3.12.